The quantitative estimate of drug-likeness (QED) is 0.751. The van der Waals surface area contributed by atoms with E-state index in [1.165, 1.54) is 18.7 Å². The van der Waals surface area contributed by atoms with Gasteiger partial charge in [0.15, 0.2) is 11.6 Å². The van der Waals surface area contributed by atoms with Crippen molar-refractivity contribution in [1.82, 2.24) is 4.98 Å². The Kier molecular flexibility index (Phi) is 3.33. The number of aromatic nitrogens is 1. The van der Waals surface area contributed by atoms with Gasteiger partial charge in [-0.1, -0.05) is 25.4 Å². The van der Waals surface area contributed by atoms with E-state index in [4.69, 9.17) is 11.6 Å². The van der Waals surface area contributed by atoms with E-state index < -0.39 is 0 Å². The van der Waals surface area contributed by atoms with E-state index in [9.17, 15) is 4.39 Å². The first-order chi connectivity index (χ1) is 7.56. The van der Waals surface area contributed by atoms with Crippen molar-refractivity contribution >= 4 is 17.4 Å². The van der Waals surface area contributed by atoms with Crippen LogP contribution in [0.3, 0.4) is 0 Å². The van der Waals surface area contributed by atoms with E-state index in [-0.39, 0.29) is 5.82 Å². The Morgan fingerprint density at radius 1 is 1.38 bits per heavy atom. The summed E-state index contributed by atoms with van der Waals surface area (Å²) in [6.45, 7) is 6.12. The highest BCUT2D eigenvalue weighted by molar-refractivity contribution is 6.30. The minimum absolute atomic E-state index is 0.325. The van der Waals surface area contributed by atoms with Crippen LogP contribution in [0.15, 0.2) is 12.3 Å². The predicted octanol–water partition coefficient (Wildman–Crippen LogP) is 3.36. The number of hydrogen-bond donors (Lipinski definition) is 0. The first kappa shape index (κ1) is 11.6. The standard InChI is InChI=1S/C12H16ClFN2/c1-8-3-9(2)7-16(6-8)12-11(14)4-10(13)5-15-12/h4-5,8-9H,3,6-7H2,1-2H3. The summed E-state index contributed by atoms with van der Waals surface area (Å²) in [7, 11) is 0. The van der Waals surface area contributed by atoms with Crippen LogP contribution in [0.25, 0.3) is 0 Å². The van der Waals surface area contributed by atoms with Gasteiger partial charge in [0.2, 0.25) is 0 Å². The van der Waals surface area contributed by atoms with Crippen LogP contribution in [0, 0.1) is 17.7 Å². The Labute approximate surface area is 100 Å². The number of piperidine rings is 1. The highest BCUT2D eigenvalue weighted by Crippen LogP contribution is 2.27. The molecule has 1 fully saturated rings. The molecule has 0 spiro atoms. The summed E-state index contributed by atoms with van der Waals surface area (Å²) in [4.78, 5) is 6.11. The van der Waals surface area contributed by atoms with E-state index in [1.807, 2.05) is 4.90 Å². The van der Waals surface area contributed by atoms with Crippen LogP contribution in [-0.4, -0.2) is 18.1 Å². The third-order valence-corrected chi connectivity index (χ3v) is 3.16. The summed E-state index contributed by atoms with van der Waals surface area (Å²) < 4.78 is 13.7. The maximum atomic E-state index is 13.7. The SMILES string of the molecule is CC1CC(C)CN(c2ncc(Cl)cc2F)C1. The largest absolute Gasteiger partial charge is 0.354 e. The van der Waals surface area contributed by atoms with Crippen molar-refractivity contribution in [3.05, 3.63) is 23.1 Å². The minimum Gasteiger partial charge on any atom is -0.354 e. The summed E-state index contributed by atoms with van der Waals surface area (Å²) in [5.74, 6) is 1.28. The third-order valence-electron chi connectivity index (χ3n) is 2.96. The van der Waals surface area contributed by atoms with Gasteiger partial charge in [-0.15, -0.1) is 0 Å². The molecule has 0 aromatic carbocycles. The smallest absolute Gasteiger partial charge is 0.167 e. The van der Waals surface area contributed by atoms with Crippen molar-refractivity contribution in [1.29, 1.82) is 0 Å². The fourth-order valence-corrected chi connectivity index (χ4v) is 2.62. The van der Waals surface area contributed by atoms with Gasteiger partial charge in [0.25, 0.3) is 0 Å². The maximum absolute atomic E-state index is 13.7. The Morgan fingerprint density at radius 2 is 2.00 bits per heavy atom. The molecule has 0 radical (unpaired) electrons. The van der Waals surface area contributed by atoms with E-state index in [0.29, 0.717) is 22.7 Å². The molecule has 1 aromatic rings. The predicted molar refractivity (Wildman–Crippen MR) is 64.4 cm³/mol. The lowest BCUT2D eigenvalue weighted by atomic mass is 9.92. The molecule has 0 amide bonds. The second-order valence-electron chi connectivity index (χ2n) is 4.81. The van der Waals surface area contributed by atoms with Crippen molar-refractivity contribution in [3.8, 4) is 0 Å². The molecule has 2 nitrogen and oxygen atoms in total. The van der Waals surface area contributed by atoms with Gasteiger partial charge in [0, 0.05) is 19.3 Å². The Bertz CT molecular complexity index is 373. The number of anilines is 1. The Morgan fingerprint density at radius 3 is 2.56 bits per heavy atom. The monoisotopic (exact) mass is 242 g/mol. The molecule has 2 heterocycles. The van der Waals surface area contributed by atoms with Crippen molar-refractivity contribution < 1.29 is 4.39 Å². The topological polar surface area (TPSA) is 16.1 Å². The highest BCUT2D eigenvalue weighted by atomic mass is 35.5. The third kappa shape index (κ3) is 2.46. The Hall–Kier alpha value is -0.830. The number of halogens is 2. The molecule has 2 unspecified atom stereocenters. The van der Waals surface area contributed by atoms with E-state index in [0.717, 1.165) is 13.1 Å². The van der Waals surface area contributed by atoms with E-state index >= 15 is 0 Å². The second kappa shape index (κ2) is 4.58. The molecule has 1 aliphatic rings. The number of hydrogen-bond acceptors (Lipinski definition) is 2. The molecule has 88 valence electrons. The van der Waals surface area contributed by atoms with E-state index in [2.05, 4.69) is 18.8 Å². The summed E-state index contributed by atoms with van der Waals surface area (Å²) in [5.41, 5.74) is 0. The molecule has 0 bridgehead atoms. The van der Waals surface area contributed by atoms with Crippen molar-refractivity contribution in [2.75, 3.05) is 18.0 Å². The maximum Gasteiger partial charge on any atom is 0.167 e. The molecule has 4 heteroatoms. The normalized spacial score (nSPS) is 25.9. The molecule has 2 rings (SSSR count). The van der Waals surface area contributed by atoms with Gasteiger partial charge in [-0.25, -0.2) is 9.37 Å². The van der Waals surface area contributed by atoms with Gasteiger partial charge in [-0.2, -0.15) is 0 Å². The zero-order valence-corrected chi connectivity index (χ0v) is 10.3. The molecule has 16 heavy (non-hydrogen) atoms. The van der Waals surface area contributed by atoms with Gasteiger partial charge in [-0.3, -0.25) is 0 Å². The molecule has 0 aliphatic carbocycles. The molecule has 0 saturated carbocycles. The number of nitrogens with zero attached hydrogens (tertiary/aromatic N) is 2. The molecular formula is C12H16ClFN2. The molecule has 0 N–H and O–H groups in total. The average molecular weight is 243 g/mol. The summed E-state index contributed by atoms with van der Waals surface area (Å²) in [6.07, 6.45) is 2.70. The number of pyridine rings is 1. The van der Waals surface area contributed by atoms with Gasteiger partial charge in [0.1, 0.15) is 0 Å². The fraction of sp³-hybridized carbons (Fsp3) is 0.583. The summed E-state index contributed by atoms with van der Waals surface area (Å²) in [5, 5.41) is 0.347. The van der Waals surface area contributed by atoms with Gasteiger partial charge in [0.05, 0.1) is 5.02 Å². The molecular weight excluding hydrogens is 227 g/mol. The van der Waals surface area contributed by atoms with Gasteiger partial charge >= 0.3 is 0 Å². The number of rotatable bonds is 1. The molecule has 1 aromatic heterocycles. The zero-order valence-electron chi connectivity index (χ0n) is 9.58. The average Bonchev–Trinajstić information content (AvgIpc) is 2.15. The first-order valence-corrected chi connectivity index (χ1v) is 6.00. The first-order valence-electron chi connectivity index (χ1n) is 5.62. The van der Waals surface area contributed by atoms with Crippen LogP contribution in [0.1, 0.15) is 20.3 Å². The molecule has 2 atom stereocenters. The van der Waals surface area contributed by atoms with Crippen molar-refractivity contribution in [2.45, 2.75) is 20.3 Å². The van der Waals surface area contributed by atoms with Crippen LogP contribution < -0.4 is 4.90 Å². The lowest BCUT2D eigenvalue weighted by Gasteiger charge is -2.35. The highest BCUT2D eigenvalue weighted by Gasteiger charge is 2.24. The van der Waals surface area contributed by atoms with E-state index in [1.54, 1.807) is 0 Å². The fourth-order valence-electron chi connectivity index (χ4n) is 2.48. The van der Waals surface area contributed by atoms with Crippen molar-refractivity contribution in [2.24, 2.45) is 11.8 Å². The zero-order chi connectivity index (χ0) is 11.7. The lowest BCUT2D eigenvalue weighted by molar-refractivity contribution is 0.352. The van der Waals surface area contributed by atoms with Gasteiger partial charge in [-0.05, 0) is 24.3 Å². The second-order valence-corrected chi connectivity index (χ2v) is 5.25. The van der Waals surface area contributed by atoms with Crippen LogP contribution in [0.5, 0.6) is 0 Å². The van der Waals surface area contributed by atoms with Crippen molar-refractivity contribution in [3.63, 3.8) is 0 Å². The van der Waals surface area contributed by atoms with Crippen LogP contribution in [0.2, 0.25) is 5.02 Å². The van der Waals surface area contributed by atoms with Crippen LogP contribution in [-0.2, 0) is 0 Å². The summed E-state index contributed by atoms with van der Waals surface area (Å²) >= 11 is 5.69. The molecule has 1 aliphatic heterocycles. The lowest BCUT2D eigenvalue weighted by Crippen LogP contribution is -2.39. The summed E-state index contributed by atoms with van der Waals surface area (Å²) in [6, 6.07) is 1.33. The van der Waals surface area contributed by atoms with Crippen LogP contribution in [0.4, 0.5) is 10.2 Å². The minimum atomic E-state index is -0.325. The molecule has 1 saturated heterocycles. The Balaban J connectivity index is 2.23. The van der Waals surface area contributed by atoms with Crippen LogP contribution >= 0.6 is 11.6 Å². The van der Waals surface area contributed by atoms with Gasteiger partial charge < -0.3 is 4.90 Å².